The fourth-order valence-electron chi connectivity index (χ4n) is 2.11. The number of amides is 1. The van der Waals surface area contributed by atoms with E-state index < -0.39 is 5.97 Å². The van der Waals surface area contributed by atoms with Crippen LogP contribution < -0.4 is 10.4 Å². The number of rotatable bonds is 5. The Morgan fingerprint density at radius 3 is 2.68 bits per heavy atom. The van der Waals surface area contributed by atoms with Crippen LogP contribution in [0.4, 0.5) is 5.69 Å². The van der Waals surface area contributed by atoms with E-state index in [1.54, 1.807) is 13.8 Å². The number of nitrogens with one attached hydrogen (secondary N) is 1. The minimum Gasteiger partial charge on any atom is -0.545 e. The molecule has 0 bridgehead atoms. The molecule has 0 spiro atoms. The molecule has 6 nitrogen and oxygen atoms in total. The molecule has 0 saturated heterocycles. The van der Waals surface area contributed by atoms with E-state index in [9.17, 15) is 14.7 Å². The third-order valence-corrected chi connectivity index (χ3v) is 3.49. The summed E-state index contributed by atoms with van der Waals surface area (Å²) in [7, 11) is 0. The first-order valence-corrected chi connectivity index (χ1v) is 6.98. The molecule has 2 aromatic rings. The number of carboxylic acids is 1. The third-order valence-electron chi connectivity index (χ3n) is 3.26. The van der Waals surface area contributed by atoms with Crippen LogP contribution >= 0.6 is 11.6 Å². The van der Waals surface area contributed by atoms with Gasteiger partial charge in [0.2, 0.25) is 5.91 Å². The highest BCUT2D eigenvalue weighted by molar-refractivity contribution is 6.31. The second-order valence-corrected chi connectivity index (χ2v) is 5.26. The van der Waals surface area contributed by atoms with Gasteiger partial charge in [0.1, 0.15) is 5.76 Å². The second-order valence-electron chi connectivity index (χ2n) is 4.83. The maximum atomic E-state index is 12.0. The first kappa shape index (κ1) is 16.0. The zero-order chi connectivity index (χ0) is 16.3. The molecular weight excluding hydrogens is 308 g/mol. The average Bonchev–Trinajstić information content (AvgIpc) is 2.75. The molecule has 0 aliphatic carbocycles. The minimum atomic E-state index is -1.38. The number of carbonyl (C=O) groups excluding carboxylic acids is 2. The molecule has 1 heterocycles. The van der Waals surface area contributed by atoms with Crippen LogP contribution in [0.1, 0.15) is 33.8 Å². The molecule has 116 valence electrons. The standard InChI is InChI=1S/C15H15ClN2O4/c1-8-11(9(2)22-18-8)5-6-14(19)17-13-7-10(16)3-4-12(13)15(20)21/h3-4,7H,5-6H2,1-2H3,(H,17,19)(H,20,21)/p-1. The second kappa shape index (κ2) is 6.62. The Balaban J connectivity index is 2.06. The van der Waals surface area contributed by atoms with Gasteiger partial charge in [0.25, 0.3) is 0 Å². The zero-order valence-corrected chi connectivity index (χ0v) is 12.9. The van der Waals surface area contributed by atoms with Gasteiger partial charge >= 0.3 is 0 Å². The van der Waals surface area contributed by atoms with Gasteiger partial charge in [0.15, 0.2) is 0 Å². The predicted molar refractivity (Wildman–Crippen MR) is 78.7 cm³/mol. The number of aromatic nitrogens is 1. The van der Waals surface area contributed by atoms with Crippen LogP contribution in [0.15, 0.2) is 22.7 Å². The van der Waals surface area contributed by atoms with E-state index >= 15 is 0 Å². The molecule has 0 aliphatic rings. The van der Waals surface area contributed by atoms with Crippen molar-refractivity contribution in [2.45, 2.75) is 26.7 Å². The maximum absolute atomic E-state index is 12.0. The van der Waals surface area contributed by atoms with Crippen molar-refractivity contribution < 1.29 is 19.2 Å². The molecule has 7 heteroatoms. The number of anilines is 1. The highest BCUT2D eigenvalue weighted by Crippen LogP contribution is 2.21. The summed E-state index contributed by atoms with van der Waals surface area (Å²) < 4.78 is 5.03. The van der Waals surface area contributed by atoms with Crippen LogP contribution in [0.2, 0.25) is 5.02 Å². The molecule has 0 atom stereocenters. The lowest BCUT2D eigenvalue weighted by molar-refractivity contribution is -0.254. The minimum absolute atomic E-state index is 0.116. The molecule has 0 radical (unpaired) electrons. The lowest BCUT2D eigenvalue weighted by atomic mass is 10.1. The van der Waals surface area contributed by atoms with Gasteiger partial charge in [0.05, 0.1) is 17.4 Å². The number of halogens is 1. The largest absolute Gasteiger partial charge is 0.545 e. The number of carbonyl (C=O) groups is 2. The number of carboxylic acid groups (broad SMARTS) is 1. The molecule has 1 aromatic carbocycles. The molecule has 0 fully saturated rings. The fourth-order valence-corrected chi connectivity index (χ4v) is 2.28. The summed E-state index contributed by atoms with van der Waals surface area (Å²) in [6.45, 7) is 3.58. The van der Waals surface area contributed by atoms with Crippen LogP contribution in [0.3, 0.4) is 0 Å². The summed E-state index contributed by atoms with van der Waals surface area (Å²) in [6.07, 6.45) is 0.621. The molecule has 0 unspecified atom stereocenters. The Kier molecular flexibility index (Phi) is 4.82. The number of hydrogen-bond donors (Lipinski definition) is 1. The summed E-state index contributed by atoms with van der Waals surface area (Å²) in [5.41, 5.74) is 1.62. The van der Waals surface area contributed by atoms with Crippen molar-refractivity contribution in [2.75, 3.05) is 5.32 Å². The van der Waals surface area contributed by atoms with Crippen molar-refractivity contribution >= 4 is 29.2 Å². The van der Waals surface area contributed by atoms with E-state index in [0.29, 0.717) is 17.2 Å². The number of aryl methyl sites for hydroxylation is 2. The lowest BCUT2D eigenvalue weighted by Gasteiger charge is -2.12. The van der Waals surface area contributed by atoms with Gasteiger partial charge in [-0.25, -0.2) is 0 Å². The third kappa shape index (κ3) is 3.65. The summed E-state index contributed by atoms with van der Waals surface area (Å²) in [5.74, 6) is -1.04. The van der Waals surface area contributed by atoms with Gasteiger partial charge in [-0.1, -0.05) is 16.8 Å². The average molecular weight is 322 g/mol. The molecule has 1 amide bonds. The van der Waals surface area contributed by atoms with Crippen LogP contribution in [0.5, 0.6) is 0 Å². The Hall–Kier alpha value is -2.34. The van der Waals surface area contributed by atoms with Crippen molar-refractivity contribution in [3.05, 3.63) is 45.8 Å². The summed E-state index contributed by atoms with van der Waals surface area (Å²) in [5, 5.41) is 17.7. The molecule has 1 aromatic heterocycles. The number of aromatic carboxylic acids is 1. The van der Waals surface area contributed by atoms with Crippen molar-refractivity contribution in [1.29, 1.82) is 0 Å². The van der Waals surface area contributed by atoms with E-state index in [1.165, 1.54) is 18.2 Å². The smallest absolute Gasteiger partial charge is 0.224 e. The molecular formula is C15H14ClN2O4-. The van der Waals surface area contributed by atoms with Gasteiger partial charge in [-0.15, -0.1) is 0 Å². The summed E-state index contributed by atoms with van der Waals surface area (Å²) in [6, 6.07) is 4.09. The SMILES string of the molecule is Cc1noc(C)c1CCC(=O)Nc1cc(Cl)ccc1C(=O)[O-]. The van der Waals surface area contributed by atoms with Gasteiger partial charge in [-0.05, 0) is 38.5 Å². The Labute approximate surface area is 132 Å². The Bertz CT molecular complexity index is 705. The first-order valence-electron chi connectivity index (χ1n) is 6.61. The van der Waals surface area contributed by atoms with Gasteiger partial charge < -0.3 is 19.7 Å². The van der Waals surface area contributed by atoms with Crippen molar-refractivity contribution in [2.24, 2.45) is 0 Å². The van der Waals surface area contributed by atoms with E-state index in [4.69, 9.17) is 16.1 Å². The summed E-state index contributed by atoms with van der Waals surface area (Å²) in [4.78, 5) is 23.0. The quantitative estimate of drug-likeness (QED) is 0.907. The number of benzene rings is 1. The summed E-state index contributed by atoms with van der Waals surface area (Å²) >= 11 is 5.82. The lowest BCUT2D eigenvalue weighted by Crippen LogP contribution is -2.25. The van der Waals surface area contributed by atoms with Crippen LogP contribution in [-0.2, 0) is 11.2 Å². The van der Waals surface area contributed by atoms with Gasteiger partial charge in [0, 0.05) is 22.6 Å². The first-order chi connectivity index (χ1) is 10.4. The monoisotopic (exact) mass is 321 g/mol. The van der Waals surface area contributed by atoms with Crippen LogP contribution in [0.25, 0.3) is 0 Å². The van der Waals surface area contributed by atoms with Crippen LogP contribution in [-0.4, -0.2) is 17.0 Å². The van der Waals surface area contributed by atoms with E-state index in [0.717, 1.165) is 11.3 Å². The highest BCUT2D eigenvalue weighted by Gasteiger charge is 2.13. The van der Waals surface area contributed by atoms with E-state index in [-0.39, 0.29) is 23.6 Å². The van der Waals surface area contributed by atoms with Crippen molar-refractivity contribution in [3.8, 4) is 0 Å². The predicted octanol–water partition coefficient (Wildman–Crippen LogP) is 1.88. The molecule has 0 aliphatic heterocycles. The number of nitrogens with zero attached hydrogens (tertiary/aromatic N) is 1. The fraction of sp³-hybridized carbons (Fsp3) is 0.267. The van der Waals surface area contributed by atoms with Gasteiger partial charge in [-0.2, -0.15) is 0 Å². The Morgan fingerprint density at radius 2 is 2.09 bits per heavy atom. The van der Waals surface area contributed by atoms with Gasteiger partial charge in [-0.3, -0.25) is 4.79 Å². The van der Waals surface area contributed by atoms with Crippen molar-refractivity contribution in [3.63, 3.8) is 0 Å². The van der Waals surface area contributed by atoms with E-state index in [1.807, 2.05) is 0 Å². The molecule has 1 N–H and O–H groups in total. The maximum Gasteiger partial charge on any atom is 0.224 e. The van der Waals surface area contributed by atoms with Crippen molar-refractivity contribution in [1.82, 2.24) is 5.16 Å². The Morgan fingerprint density at radius 1 is 1.36 bits per heavy atom. The molecule has 0 saturated carbocycles. The molecule has 22 heavy (non-hydrogen) atoms. The van der Waals surface area contributed by atoms with E-state index in [2.05, 4.69) is 10.5 Å². The topological polar surface area (TPSA) is 95.3 Å². The molecule has 2 rings (SSSR count). The highest BCUT2D eigenvalue weighted by atomic mass is 35.5. The zero-order valence-electron chi connectivity index (χ0n) is 12.1. The normalized spacial score (nSPS) is 10.5. The van der Waals surface area contributed by atoms with Crippen LogP contribution in [0, 0.1) is 13.8 Å². The number of hydrogen-bond acceptors (Lipinski definition) is 5.